The smallest absolute Gasteiger partial charge is 0.329 e. The highest BCUT2D eigenvalue weighted by Gasteiger charge is 2.50. The van der Waals surface area contributed by atoms with Crippen LogP contribution in [0.25, 0.3) is 0 Å². The summed E-state index contributed by atoms with van der Waals surface area (Å²) in [6.45, 7) is 20.1. The molecular formula is C42H61N3O6Si. The zero-order chi connectivity index (χ0) is 38.5. The summed E-state index contributed by atoms with van der Waals surface area (Å²) < 4.78 is 13.6. The molecule has 10 heteroatoms. The van der Waals surface area contributed by atoms with Crippen LogP contribution < -0.4 is 26.3 Å². The Morgan fingerprint density at radius 3 is 1.98 bits per heavy atom. The minimum Gasteiger partial charge on any atom is -0.460 e. The molecule has 1 aliphatic heterocycles. The van der Waals surface area contributed by atoms with E-state index in [1.165, 1.54) is 12.2 Å². The van der Waals surface area contributed by atoms with Gasteiger partial charge in [-0.15, -0.1) is 0 Å². The van der Waals surface area contributed by atoms with Gasteiger partial charge in [-0.05, 0) is 53.1 Å². The SMILES string of the molecule is C=C1/C=C/C(=O)N[C@@H](C)C(=O)N[C@H](C(C)C)C(=O)O[C@@H]([C@H](C)CCCCCC)[C@H](CCO[Si](c2ccccc2)(c2ccccc2)C(C)(C)C)C(=O)N1. The molecule has 0 radical (unpaired) electrons. The van der Waals surface area contributed by atoms with E-state index in [1.807, 2.05) is 57.2 Å². The predicted octanol–water partition coefficient (Wildman–Crippen LogP) is 5.93. The van der Waals surface area contributed by atoms with E-state index in [0.29, 0.717) is 0 Å². The second-order valence-electron chi connectivity index (χ2n) is 15.4. The molecule has 0 saturated carbocycles. The fourth-order valence-electron chi connectivity index (χ4n) is 6.98. The van der Waals surface area contributed by atoms with Crippen molar-refractivity contribution in [1.82, 2.24) is 16.0 Å². The van der Waals surface area contributed by atoms with Gasteiger partial charge in [-0.3, -0.25) is 14.4 Å². The number of cyclic esters (lactones) is 1. The highest BCUT2D eigenvalue weighted by molar-refractivity contribution is 6.99. The van der Waals surface area contributed by atoms with Gasteiger partial charge in [0.25, 0.3) is 8.32 Å². The third-order valence-electron chi connectivity index (χ3n) is 9.91. The van der Waals surface area contributed by atoms with E-state index in [2.05, 4.69) is 74.5 Å². The quantitative estimate of drug-likeness (QED) is 0.133. The Hall–Kier alpha value is -4.02. The minimum atomic E-state index is -2.94. The van der Waals surface area contributed by atoms with E-state index in [9.17, 15) is 19.2 Å². The zero-order valence-corrected chi connectivity index (χ0v) is 33.5. The molecule has 0 unspecified atom stereocenters. The van der Waals surface area contributed by atoms with Crippen molar-refractivity contribution in [3.05, 3.63) is 85.1 Å². The summed E-state index contributed by atoms with van der Waals surface area (Å²) in [6.07, 6.45) is 6.91. The molecule has 52 heavy (non-hydrogen) atoms. The Kier molecular flexibility index (Phi) is 16.1. The van der Waals surface area contributed by atoms with Gasteiger partial charge in [-0.1, -0.05) is 141 Å². The summed E-state index contributed by atoms with van der Waals surface area (Å²) in [4.78, 5) is 54.2. The lowest BCUT2D eigenvalue weighted by Gasteiger charge is -2.43. The fraction of sp³-hybridized carbons (Fsp3) is 0.524. The van der Waals surface area contributed by atoms with Gasteiger partial charge in [0.2, 0.25) is 17.7 Å². The third-order valence-corrected chi connectivity index (χ3v) is 15.0. The molecule has 0 bridgehead atoms. The maximum absolute atomic E-state index is 14.3. The Balaban J connectivity index is 2.11. The number of carbonyl (C=O) groups is 4. The molecule has 3 amide bonds. The van der Waals surface area contributed by atoms with Crippen molar-refractivity contribution >= 4 is 42.4 Å². The zero-order valence-electron chi connectivity index (χ0n) is 32.5. The number of hydrogen-bond acceptors (Lipinski definition) is 6. The number of allylic oxidation sites excluding steroid dienone is 1. The first kappa shape index (κ1) is 42.4. The van der Waals surface area contributed by atoms with Gasteiger partial charge >= 0.3 is 5.97 Å². The maximum atomic E-state index is 14.3. The fourth-order valence-corrected chi connectivity index (χ4v) is 11.6. The summed E-state index contributed by atoms with van der Waals surface area (Å²) in [7, 11) is -2.94. The van der Waals surface area contributed by atoms with Crippen molar-refractivity contribution in [2.45, 2.75) is 117 Å². The lowest BCUT2D eigenvalue weighted by molar-refractivity contribution is -0.162. The number of hydrogen-bond donors (Lipinski definition) is 3. The summed E-state index contributed by atoms with van der Waals surface area (Å²) >= 11 is 0. The lowest BCUT2D eigenvalue weighted by atomic mass is 9.85. The van der Waals surface area contributed by atoms with Crippen molar-refractivity contribution < 1.29 is 28.3 Å². The van der Waals surface area contributed by atoms with Gasteiger partial charge in [0.1, 0.15) is 18.2 Å². The van der Waals surface area contributed by atoms with Crippen molar-refractivity contribution in [2.24, 2.45) is 17.8 Å². The van der Waals surface area contributed by atoms with Gasteiger partial charge in [-0.2, -0.15) is 0 Å². The number of nitrogens with one attached hydrogen (secondary N) is 3. The molecular weight excluding hydrogens is 671 g/mol. The van der Waals surface area contributed by atoms with E-state index in [1.54, 1.807) is 6.92 Å². The van der Waals surface area contributed by atoms with Gasteiger partial charge in [0.05, 0.1) is 5.92 Å². The average Bonchev–Trinajstić information content (AvgIpc) is 3.10. The van der Waals surface area contributed by atoms with E-state index < -0.39 is 50.2 Å². The average molecular weight is 732 g/mol. The molecule has 1 aliphatic rings. The van der Waals surface area contributed by atoms with Crippen molar-refractivity contribution in [3.63, 3.8) is 0 Å². The number of carbonyl (C=O) groups excluding carboxylic acids is 4. The number of ether oxygens (including phenoxy) is 1. The predicted molar refractivity (Wildman–Crippen MR) is 210 cm³/mol. The van der Waals surface area contributed by atoms with Crippen LogP contribution in [-0.2, 0) is 28.3 Å². The number of esters is 1. The molecule has 0 spiro atoms. The molecule has 0 aromatic heterocycles. The number of benzene rings is 2. The Bertz CT molecular complexity index is 1480. The van der Waals surface area contributed by atoms with Crippen LogP contribution in [0.15, 0.2) is 85.1 Å². The molecule has 0 fully saturated rings. The first-order valence-electron chi connectivity index (χ1n) is 18.9. The molecule has 3 rings (SSSR count). The molecule has 0 aliphatic carbocycles. The molecule has 5 atom stereocenters. The number of amides is 3. The molecule has 1 heterocycles. The lowest BCUT2D eigenvalue weighted by Crippen LogP contribution is -2.66. The number of rotatable bonds is 13. The van der Waals surface area contributed by atoms with Crippen LogP contribution in [-0.4, -0.2) is 56.8 Å². The topological polar surface area (TPSA) is 123 Å². The van der Waals surface area contributed by atoms with Gasteiger partial charge in [0, 0.05) is 18.4 Å². The van der Waals surface area contributed by atoms with Crippen LogP contribution in [0.4, 0.5) is 0 Å². The molecule has 9 nitrogen and oxygen atoms in total. The largest absolute Gasteiger partial charge is 0.460 e. The van der Waals surface area contributed by atoms with Crippen molar-refractivity contribution in [1.29, 1.82) is 0 Å². The standard InChI is InChI=1S/C42H61N3O6Si/c1-10-11-12-15-20-30(4)38-35(27-28-50-52(42(7,8)9,33-21-16-13-17-22-33)34-23-18-14-19-24-34)40(48)43-31(5)25-26-36(46)44-32(6)39(47)45-37(29(2)3)41(49)51-38/h13-14,16-19,21-26,29-30,32,35,37-38H,5,10-12,15,20,27-28H2,1-4,6-9H3,(H,43,48)(H,44,46)(H,45,47)/b26-25+/t30-,32+,35+,37-,38+/m1/s1. The summed E-state index contributed by atoms with van der Waals surface area (Å²) in [5.74, 6) is -3.38. The van der Waals surface area contributed by atoms with Gasteiger partial charge < -0.3 is 25.1 Å². The van der Waals surface area contributed by atoms with E-state index >= 15 is 0 Å². The van der Waals surface area contributed by atoms with Crippen LogP contribution in [0, 0.1) is 17.8 Å². The second-order valence-corrected chi connectivity index (χ2v) is 19.7. The summed E-state index contributed by atoms with van der Waals surface area (Å²) in [5.41, 5.74) is 0.200. The minimum absolute atomic E-state index is 0.186. The maximum Gasteiger partial charge on any atom is 0.329 e. The molecule has 2 aromatic rings. The van der Waals surface area contributed by atoms with Crippen LogP contribution in [0.2, 0.25) is 5.04 Å². The van der Waals surface area contributed by atoms with Crippen molar-refractivity contribution in [3.8, 4) is 0 Å². The van der Waals surface area contributed by atoms with Crippen LogP contribution >= 0.6 is 0 Å². The highest BCUT2D eigenvalue weighted by Crippen LogP contribution is 2.37. The summed E-state index contributed by atoms with van der Waals surface area (Å²) in [6, 6.07) is 18.7. The van der Waals surface area contributed by atoms with Crippen LogP contribution in [0.3, 0.4) is 0 Å². The van der Waals surface area contributed by atoms with E-state index in [-0.39, 0.29) is 41.5 Å². The Morgan fingerprint density at radius 1 is 0.846 bits per heavy atom. The first-order chi connectivity index (χ1) is 24.6. The van der Waals surface area contributed by atoms with E-state index in [4.69, 9.17) is 9.16 Å². The third kappa shape index (κ3) is 11.2. The normalized spacial score (nSPS) is 22.4. The summed E-state index contributed by atoms with van der Waals surface area (Å²) in [5, 5.41) is 10.2. The molecule has 0 saturated heterocycles. The van der Waals surface area contributed by atoms with Crippen molar-refractivity contribution in [2.75, 3.05) is 6.61 Å². The van der Waals surface area contributed by atoms with Gasteiger partial charge in [0.15, 0.2) is 0 Å². The highest BCUT2D eigenvalue weighted by atomic mass is 28.4. The monoisotopic (exact) mass is 731 g/mol. The Morgan fingerprint density at radius 2 is 1.44 bits per heavy atom. The second kappa shape index (κ2) is 19.7. The Labute approximate surface area is 312 Å². The molecule has 3 N–H and O–H groups in total. The number of unbranched alkanes of at least 4 members (excludes halogenated alkanes) is 3. The van der Waals surface area contributed by atoms with Gasteiger partial charge in [-0.25, -0.2) is 4.79 Å². The van der Waals surface area contributed by atoms with Crippen LogP contribution in [0.5, 0.6) is 0 Å². The molecule has 284 valence electrons. The van der Waals surface area contributed by atoms with Crippen LogP contribution in [0.1, 0.15) is 93.9 Å². The first-order valence-corrected chi connectivity index (χ1v) is 20.8. The molecule has 2 aromatic carbocycles. The van der Waals surface area contributed by atoms with E-state index in [0.717, 1.165) is 42.5 Å².